The molecule has 0 aliphatic carbocycles. The minimum Gasteiger partial charge on any atom is -0.229 e. The Hall–Kier alpha value is -0.740. The van der Waals surface area contributed by atoms with E-state index in [9.17, 15) is 8.42 Å². The van der Waals surface area contributed by atoms with Gasteiger partial charge in [0.25, 0.3) is 0 Å². The topological polar surface area (TPSA) is 82.9 Å². The van der Waals surface area contributed by atoms with Gasteiger partial charge in [0.05, 0.1) is 5.75 Å². The summed E-state index contributed by atoms with van der Waals surface area (Å²) in [7, 11) is -2.96. The average Bonchev–Trinajstić information content (AvgIpc) is 1.89. The van der Waals surface area contributed by atoms with E-state index in [1.54, 1.807) is 6.92 Å². The molecule has 10 heavy (non-hydrogen) atoms. The third kappa shape index (κ3) is 4.17. The van der Waals surface area contributed by atoms with Gasteiger partial charge in [-0.3, -0.25) is 0 Å². The van der Waals surface area contributed by atoms with Gasteiger partial charge in [-0.1, -0.05) is 12.0 Å². The second kappa shape index (κ2) is 4.14. The Kier molecular flexibility index (Phi) is 3.83. The van der Waals surface area contributed by atoms with Crippen molar-refractivity contribution in [3.63, 3.8) is 0 Å². The van der Waals surface area contributed by atoms with Gasteiger partial charge in [-0.05, 0) is 5.53 Å². The molecule has 0 aromatic carbocycles. The van der Waals surface area contributed by atoms with Crippen molar-refractivity contribution in [2.24, 2.45) is 5.11 Å². The minimum atomic E-state index is -2.96. The maximum atomic E-state index is 10.7. The van der Waals surface area contributed by atoms with E-state index in [0.29, 0.717) is 0 Å². The molecule has 6 heteroatoms. The molecule has 0 aromatic heterocycles. The number of sulfone groups is 1. The summed E-state index contributed by atoms with van der Waals surface area (Å²) in [4.78, 5) is 2.43. The van der Waals surface area contributed by atoms with Crippen LogP contribution in [0.3, 0.4) is 0 Å². The fourth-order valence-corrected chi connectivity index (χ4v) is 1.02. The van der Waals surface area contributed by atoms with Crippen LogP contribution in [0.15, 0.2) is 5.11 Å². The highest BCUT2D eigenvalue weighted by Gasteiger charge is 2.04. The van der Waals surface area contributed by atoms with Crippen LogP contribution in [0.1, 0.15) is 6.92 Å². The van der Waals surface area contributed by atoms with E-state index in [1.807, 2.05) is 0 Å². The van der Waals surface area contributed by atoms with Crippen molar-refractivity contribution in [3.8, 4) is 0 Å². The van der Waals surface area contributed by atoms with Gasteiger partial charge in [0.2, 0.25) is 0 Å². The number of hydrogen-bond acceptors (Lipinski definition) is 3. The zero-order valence-corrected chi connectivity index (χ0v) is 6.50. The van der Waals surface area contributed by atoms with Crippen molar-refractivity contribution in [2.75, 3.05) is 18.1 Å². The lowest BCUT2D eigenvalue weighted by Gasteiger charge is -1.93. The minimum absolute atomic E-state index is 0.0344. The molecule has 0 atom stereocenters. The molecule has 0 bridgehead atoms. The van der Waals surface area contributed by atoms with Gasteiger partial charge in [-0.2, -0.15) is 0 Å². The lowest BCUT2D eigenvalue weighted by molar-refractivity contribution is 0.597. The van der Waals surface area contributed by atoms with Crippen LogP contribution in [-0.2, 0) is 9.84 Å². The molecule has 0 unspecified atom stereocenters. The summed E-state index contributed by atoms with van der Waals surface area (Å²) in [5.41, 5.74) is 7.80. The maximum absolute atomic E-state index is 10.7. The van der Waals surface area contributed by atoms with E-state index in [2.05, 4.69) is 10.0 Å². The summed E-state index contributed by atoms with van der Waals surface area (Å²) in [5.74, 6) is 0.0571. The van der Waals surface area contributed by atoms with Crippen molar-refractivity contribution in [3.05, 3.63) is 10.4 Å². The molecule has 0 amide bonds. The molecule has 5 nitrogen and oxygen atoms in total. The zero-order valence-electron chi connectivity index (χ0n) is 5.69. The lowest BCUT2D eigenvalue weighted by Crippen LogP contribution is -2.10. The van der Waals surface area contributed by atoms with E-state index < -0.39 is 9.84 Å². The normalized spacial score (nSPS) is 10.5. The lowest BCUT2D eigenvalue weighted by atomic mass is 10.8. The highest BCUT2D eigenvalue weighted by molar-refractivity contribution is 7.91. The standard InChI is InChI=1S/C4H9N3O2S/c1-2-10(8,9)4-3-6-7-5/h2-4H2,1H3. The molecule has 0 saturated heterocycles. The Morgan fingerprint density at radius 2 is 2.20 bits per heavy atom. The van der Waals surface area contributed by atoms with Crippen LogP contribution in [0.5, 0.6) is 0 Å². The first kappa shape index (κ1) is 9.26. The maximum Gasteiger partial charge on any atom is 0.150 e. The van der Waals surface area contributed by atoms with Crippen LogP contribution < -0.4 is 0 Å². The van der Waals surface area contributed by atoms with Crippen molar-refractivity contribution in [1.29, 1.82) is 0 Å². The molecule has 0 aliphatic heterocycles. The monoisotopic (exact) mass is 163 g/mol. The van der Waals surface area contributed by atoms with Crippen molar-refractivity contribution in [2.45, 2.75) is 6.92 Å². The second-order valence-electron chi connectivity index (χ2n) is 1.69. The summed E-state index contributed by atoms with van der Waals surface area (Å²) < 4.78 is 21.4. The molecule has 0 radical (unpaired) electrons. The van der Waals surface area contributed by atoms with Gasteiger partial charge < -0.3 is 0 Å². The quantitative estimate of drug-likeness (QED) is 0.347. The Labute approximate surface area is 59.6 Å². The van der Waals surface area contributed by atoms with E-state index in [-0.39, 0.29) is 18.1 Å². The molecular formula is C4H9N3O2S. The van der Waals surface area contributed by atoms with Gasteiger partial charge in [0.1, 0.15) is 9.84 Å². The van der Waals surface area contributed by atoms with Crippen molar-refractivity contribution < 1.29 is 8.42 Å². The van der Waals surface area contributed by atoms with E-state index >= 15 is 0 Å². The van der Waals surface area contributed by atoms with Crippen molar-refractivity contribution >= 4 is 9.84 Å². The molecule has 0 aliphatic rings. The Morgan fingerprint density at radius 3 is 2.60 bits per heavy atom. The third-order valence-corrected chi connectivity index (χ3v) is 2.69. The summed E-state index contributed by atoms with van der Waals surface area (Å²) in [6, 6.07) is 0. The SMILES string of the molecule is CCS(=O)(=O)CCN=[N+]=[N-]. The summed E-state index contributed by atoms with van der Waals surface area (Å²) in [5, 5.41) is 3.11. The first-order valence-corrected chi connectivity index (χ1v) is 4.66. The number of rotatable bonds is 4. The van der Waals surface area contributed by atoms with Gasteiger partial charge in [0.15, 0.2) is 0 Å². The molecule has 0 saturated carbocycles. The van der Waals surface area contributed by atoms with Crippen LogP contribution in [-0.4, -0.2) is 26.5 Å². The van der Waals surface area contributed by atoms with Crippen LogP contribution in [0.25, 0.3) is 10.4 Å². The highest BCUT2D eigenvalue weighted by Crippen LogP contribution is 1.88. The third-order valence-electron chi connectivity index (χ3n) is 1.01. The van der Waals surface area contributed by atoms with Crippen LogP contribution in [0.2, 0.25) is 0 Å². The predicted molar refractivity (Wildman–Crippen MR) is 38.3 cm³/mol. The molecule has 0 fully saturated rings. The van der Waals surface area contributed by atoms with Crippen molar-refractivity contribution in [1.82, 2.24) is 0 Å². The van der Waals surface area contributed by atoms with Crippen LogP contribution >= 0.6 is 0 Å². The van der Waals surface area contributed by atoms with Gasteiger partial charge >= 0.3 is 0 Å². The summed E-state index contributed by atoms with van der Waals surface area (Å²) in [6.07, 6.45) is 0. The highest BCUT2D eigenvalue weighted by atomic mass is 32.2. The molecule has 0 N–H and O–H groups in total. The first-order valence-electron chi connectivity index (χ1n) is 2.83. The molecule has 0 aromatic rings. The number of hydrogen-bond donors (Lipinski definition) is 0. The number of azide groups is 1. The fourth-order valence-electron chi connectivity index (χ4n) is 0.369. The Morgan fingerprint density at radius 1 is 1.60 bits per heavy atom. The van der Waals surface area contributed by atoms with E-state index in [4.69, 9.17) is 5.53 Å². The van der Waals surface area contributed by atoms with Gasteiger partial charge in [0, 0.05) is 17.2 Å². The first-order chi connectivity index (χ1) is 4.62. The molecule has 0 heterocycles. The summed E-state index contributed by atoms with van der Waals surface area (Å²) >= 11 is 0. The Bertz CT molecular complexity index is 227. The largest absolute Gasteiger partial charge is 0.229 e. The van der Waals surface area contributed by atoms with E-state index in [0.717, 1.165) is 0 Å². The van der Waals surface area contributed by atoms with Crippen LogP contribution in [0.4, 0.5) is 0 Å². The Balaban J connectivity index is 3.80. The van der Waals surface area contributed by atoms with Gasteiger partial charge in [-0.25, -0.2) is 8.42 Å². The van der Waals surface area contributed by atoms with Gasteiger partial charge in [-0.15, -0.1) is 0 Å². The van der Waals surface area contributed by atoms with Crippen LogP contribution in [0, 0.1) is 0 Å². The average molecular weight is 163 g/mol. The summed E-state index contributed by atoms with van der Waals surface area (Å²) in [6.45, 7) is 1.60. The van der Waals surface area contributed by atoms with E-state index in [1.165, 1.54) is 0 Å². The molecule has 0 spiro atoms. The molecular weight excluding hydrogens is 154 g/mol. The molecule has 58 valence electrons. The fraction of sp³-hybridized carbons (Fsp3) is 1.00. The molecule has 0 rings (SSSR count). The zero-order chi connectivity index (χ0) is 8.04. The second-order valence-corrected chi connectivity index (χ2v) is 4.16. The smallest absolute Gasteiger partial charge is 0.150 e. The number of nitrogens with zero attached hydrogens (tertiary/aromatic N) is 3. The predicted octanol–water partition coefficient (Wildman–Crippen LogP) is 0.731.